The van der Waals surface area contributed by atoms with Crippen LogP contribution in [0.4, 0.5) is 5.69 Å². The summed E-state index contributed by atoms with van der Waals surface area (Å²) < 4.78 is 10.1. The highest BCUT2D eigenvalue weighted by Gasteiger charge is 2.37. The second kappa shape index (κ2) is 7.60. The van der Waals surface area contributed by atoms with Crippen molar-refractivity contribution in [2.75, 3.05) is 19.5 Å². The molecule has 1 aliphatic heterocycles. The van der Waals surface area contributed by atoms with Gasteiger partial charge >= 0.3 is 11.9 Å². The lowest BCUT2D eigenvalue weighted by molar-refractivity contribution is -0.138. The van der Waals surface area contributed by atoms with Gasteiger partial charge in [-0.15, -0.1) is 0 Å². The molecule has 5 nitrogen and oxygen atoms in total. The molecule has 0 aliphatic carbocycles. The third-order valence-corrected chi connectivity index (χ3v) is 5.29. The molecule has 1 unspecified atom stereocenters. The van der Waals surface area contributed by atoms with Crippen molar-refractivity contribution in [3.8, 4) is 0 Å². The number of esters is 2. The van der Waals surface area contributed by atoms with E-state index in [-0.39, 0.29) is 11.1 Å². The molecule has 0 fully saturated rings. The van der Waals surface area contributed by atoms with Crippen molar-refractivity contribution >= 4 is 45.6 Å². The van der Waals surface area contributed by atoms with Gasteiger partial charge in [0.25, 0.3) is 0 Å². The smallest absolute Gasteiger partial charge is 0.339 e. The van der Waals surface area contributed by atoms with Crippen LogP contribution in [0.3, 0.4) is 0 Å². The highest BCUT2D eigenvalue weighted by molar-refractivity contribution is 6.30. The first-order chi connectivity index (χ1) is 14.0. The molecule has 1 N–H and O–H groups in total. The second-order valence-electron chi connectivity index (χ2n) is 6.61. The van der Waals surface area contributed by atoms with Crippen LogP contribution in [0.1, 0.15) is 17.2 Å². The van der Waals surface area contributed by atoms with Gasteiger partial charge in [-0.05, 0) is 34.5 Å². The number of hydrogen-bond acceptors (Lipinski definition) is 5. The number of fused-ring (bicyclic) bond motifs is 3. The minimum atomic E-state index is -0.601. The number of hydrogen-bond donors (Lipinski definition) is 1. The predicted molar refractivity (Wildman–Crippen MR) is 113 cm³/mol. The van der Waals surface area contributed by atoms with E-state index in [1.54, 1.807) is 12.1 Å². The maximum Gasteiger partial charge on any atom is 0.339 e. The van der Waals surface area contributed by atoms with Gasteiger partial charge in [0.05, 0.1) is 31.4 Å². The molecule has 0 aromatic heterocycles. The maximum atomic E-state index is 12.9. The molecule has 6 heteroatoms. The van der Waals surface area contributed by atoms with Gasteiger partial charge in [0.2, 0.25) is 0 Å². The highest BCUT2D eigenvalue weighted by Crippen LogP contribution is 2.44. The normalized spacial score (nSPS) is 15.5. The molecule has 29 heavy (non-hydrogen) atoms. The van der Waals surface area contributed by atoms with Crippen LogP contribution in [-0.4, -0.2) is 26.2 Å². The van der Waals surface area contributed by atoms with Gasteiger partial charge in [0.1, 0.15) is 0 Å². The standard InChI is InChI=1S/C23H18ClNO4/c1-28-22(26)19-18-16-6-4-3-5-13(16)9-12-17(18)25-21(20(19)23(27)29-2)14-7-10-15(24)11-8-14/h3-12,21,25H,1-2H3. The van der Waals surface area contributed by atoms with Gasteiger partial charge in [0.15, 0.2) is 0 Å². The summed E-state index contributed by atoms with van der Waals surface area (Å²) in [5.74, 6) is -1.19. The Bertz CT molecular complexity index is 1150. The summed E-state index contributed by atoms with van der Waals surface area (Å²) in [6.07, 6.45) is 0. The van der Waals surface area contributed by atoms with Crippen LogP contribution in [0.15, 0.2) is 66.2 Å². The molecule has 1 aliphatic rings. The zero-order chi connectivity index (χ0) is 20.5. The molecule has 1 atom stereocenters. The van der Waals surface area contributed by atoms with Crippen LogP contribution in [0.25, 0.3) is 16.3 Å². The van der Waals surface area contributed by atoms with Gasteiger partial charge in [0, 0.05) is 16.3 Å². The van der Waals surface area contributed by atoms with E-state index in [0.717, 1.165) is 22.0 Å². The van der Waals surface area contributed by atoms with Crippen LogP contribution in [0.5, 0.6) is 0 Å². The van der Waals surface area contributed by atoms with E-state index in [0.29, 0.717) is 10.6 Å². The van der Waals surface area contributed by atoms with E-state index in [2.05, 4.69) is 5.32 Å². The van der Waals surface area contributed by atoms with Crippen LogP contribution < -0.4 is 5.32 Å². The van der Waals surface area contributed by atoms with Gasteiger partial charge in [-0.2, -0.15) is 0 Å². The maximum absolute atomic E-state index is 12.9. The van der Waals surface area contributed by atoms with Gasteiger partial charge in [-0.1, -0.05) is 54.1 Å². The van der Waals surface area contributed by atoms with Crippen molar-refractivity contribution in [3.63, 3.8) is 0 Å². The number of anilines is 1. The van der Waals surface area contributed by atoms with E-state index < -0.39 is 18.0 Å². The molecule has 146 valence electrons. The number of nitrogens with one attached hydrogen (secondary N) is 1. The van der Waals surface area contributed by atoms with Gasteiger partial charge in [-0.25, -0.2) is 9.59 Å². The van der Waals surface area contributed by atoms with Crippen LogP contribution in [0.2, 0.25) is 5.02 Å². The third-order valence-electron chi connectivity index (χ3n) is 5.04. The van der Waals surface area contributed by atoms with E-state index in [1.807, 2.05) is 48.5 Å². The lowest BCUT2D eigenvalue weighted by Crippen LogP contribution is -2.28. The number of methoxy groups -OCH3 is 2. The zero-order valence-electron chi connectivity index (χ0n) is 15.9. The minimum absolute atomic E-state index is 0.199. The van der Waals surface area contributed by atoms with E-state index >= 15 is 0 Å². The molecule has 3 aromatic rings. The number of halogens is 1. The number of benzene rings is 3. The monoisotopic (exact) mass is 407 g/mol. The lowest BCUT2D eigenvalue weighted by Gasteiger charge is -2.31. The van der Waals surface area contributed by atoms with Crippen molar-refractivity contribution in [2.45, 2.75) is 6.04 Å². The van der Waals surface area contributed by atoms with Gasteiger partial charge in [-0.3, -0.25) is 0 Å². The average molecular weight is 408 g/mol. The zero-order valence-corrected chi connectivity index (χ0v) is 16.6. The summed E-state index contributed by atoms with van der Waals surface area (Å²) in [4.78, 5) is 25.7. The molecular formula is C23H18ClNO4. The number of rotatable bonds is 3. The molecule has 0 saturated carbocycles. The molecule has 3 aromatic carbocycles. The first-order valence-electron chi connectivity index (χ1n) is 9.00. The van der Waals surface area contributed by atoms with Crippen LogP contribution in [-0.2, 0) is 19.1 Å². The summed E-state index contributed by atoms with van der Waals surface area (Å²) in [7, 11) is 2.59. The molecule has 1 heterocycles. The molecular weight excluding hydrogens is 390 g/mol. The fourth-order valence-corrected chi connectivity index (χ4v) is 3.84. The second-order valence-corrected chi connectivity index (χ2v) is 7.05. The minimum Gasteiger partial charge on any atom is -0.466 e. The first-order valence-corrected chi connectivity index (χ1v) is 9.38. The fourth-order valence-electron chi connectivity index (χ4n) is 3.72. The number of carbonyl (C=O) groups excluding carboxylic acids is 2. The summed E-state index contributed by atoms with van der Waals surface area (Å²) >= 11 is 6.03. The summed E-state index contributed by atoms with van der Waals surface area (Å²) in [6.45, 7) is 0. The van der Waals surface area contributed by atoms with Crippen LogP contribution in [0, 0.1) is 0 Å². The van der Waals surface area contributed by atoms with Crippen molar-refractivity contribution in [1.29, 1.82) is 0 Å². The van der Waals surface area contributed by atoms with E-state index in [1.165, 1.54) is 14.2 Å². The third kappa shape index (κ3) is 3.23. The Morgan fingerprint density at radius 3 is 2.28 bits per heavy atom. The lowest BCUT2D eigenvalue weighted by atomic mass is 9.84. The Hall–Kier alpha value is -3.31. The van der Waals surface area contributed by atoms with E-state index in [9.17, 15) is 9.59 Å². The Kier molecular flexibility index (Phi) is 4.99. The van der Waals surface area contributed by atoms with E-state index in [4.69, 9.17) is 21.1 Å². The topological polar surface area (TPSA) is 64.6 Å². The average Bonchev–Trinajstić information content (AvgIpc) is 2.77. The Morgan fingerprint density at radius 1 is 0.897 bits per heavy atom. The number of carbonyl (C=O) groups is 2. The summed E-state index contributed by atoms with van der Waals surface area (Å²) in [6, 6.07) is 18.0. The molecule has 4 rings (SSSR count). The number of ether oxygens (including phenoxy) is 2. The predicted octanol–water partition coefficient (Wildman–Crippen LogP) is 4.76. The van der Waals surface area contributed by atoms with Crippen molar-refractivity contribution in [2.24, 2.45) is 0 Å². The molecule has 0 amide bonds. The molecule has 0 saturated heterocycles. The summed E-state index contributed by atoms with van der Waals surface area (Å²) in [5.41, 5.74) is 2.53. The highest BCUT2D eigenvalue weighted by atomic mass is 35.5. The van der Waals surface area contributed by atoms with Gasteiger partial charge < -0.3 is 14.8 Å². The Labute approximate surface area is 172 Å². The SMILES string of the molecule is COC(=O)C1=C(C(=O)OC)C(c2ccc(Cl)cc2)Nc2ccc3ccccc3c21. The summed E-state index contributed by atoms with van der Waals surface area (Å²) in [5, 5.41) is 5.76. The Balaban J connectivity index is 2.06. The largest absolute Gasteiger partial charge is 0.466 e. The van der Waals surface area contributed by atoms with Crippen molar-refractivity contribution in [1.82, 2.24) is 0 Å². The molecule has 0 radical (unpaired) electrons. The first kappa shape index (κ1) is 19.0. The van der Waals surface area contributed by atoms with Crippen LogP contribution >= 0.6 is 11.6 Å². The Morgan fingerprint density at radius 2 is 1.59 bits per heavy atom. The molecule has 0 spiro atoms. The van der Waals surface area contributed by atoms with Crippen molar-refractivity contribution in [3.05, 3.63) is 82.4 Å². The van der Waals surface area contributed by atoms with Crippen molar-refractivity contribution < 1.29 is 19.1 Å². The fraction of sp³-hybridized carbons (Fsp3) is 0.130. The molecule has 0 bridgehead atoms. The quantitative estimate of drug-likeness (QED) is 0.634.